The molecule has 0 amide bonds. The maximum atomic E-state index is 5.97. The van der Waals surface area contributed by atoms with Crippen molar-refractivity contribution < 1.29 is 4.74 Å². The second-order valence-electron chi connectivity index (χ2n) is 4.98. The predicted octanol–water partition coefficient (Wildman–Crippen LogP) is 3.39. The highest BCUT2D eigenvalue weighted by molar-refractivity contribution is 6.17. The number of ether oxygens (including phenoxy) is 1. The van der Waals surface area contributed by atoms with E-state index in [0.29, 0.717) is 12.0 Å². The largest absolute Gasteiger partial charge is 0.377 e. The van der Waals surface area contributed by atoms with Crippen LogP contribution in [0.5, 0.6) is 0 Å². The van der Waals surface area contributed by atoms with Crippen molar-refractivity contribution in [2.45, 2.75) is 45.1 Å². The average Bonchev–Trinajstić information content (AvgIpc) is 2.47. The topological polar surface area (TPSA) is 25.4 Å². The van der Waals surface area contributed by atoms with Crippen LogP contribution in [0, 0.1) is 0 Å². The van der Waals surface area contributed by atoms with E-state index in [-0.39, 0.29) is 0 Å². The predicted molar refractivity (Wildman–Crippen MR) is 80.0 cm³/mol. The summed E-state index contributed by atoms with van der Waals surface area (Å²) in [6.07, 6.45) is 3.60. The number of hydrogen-bond donors (Lipinski definition) is 0. The Morgan fingerprint density at radius 2 is 2.26 bits per heavy atom. The molecule has 0 aromatic carbocycles. The van der Waals surface area contributed by atoms with Gasteiger partial charge in [0.25, 0.3) is 0 Å². The Morgan fingerprint density at radius 3 is 2.95 bits per heavy atom. The number of piperidine rings is 1. The number of alkyl halides is 1. The summed E-state index contributed by atoms with van der Waals surface area (Å²) >= 11 is 5.97. The van der Waals surface area contributed by atoms with E-state index in [1.54, 1.807) is 0 Å². The first-order valence-corrected chi connectivity index (χ1v) is 7.72. The Bertz CT molecular complexity index is 387. The number of aryl methyl sites for hydroxylation is 1. The molecule has 1 atom stereocenters. The van der Waals surface area contributed by atoms with Gasteiger partial charge in [0.1, 0.15) is 5.82 Å². The minimum absolute atomic E-state index is 0.338. The molecule has 3 nitrogen and oxygen atoms in total. The molecule has 1 aromatic rings. The molecule has 1 saturated heterocycles. The SMILES string of the molecule is CCOC1CCCN(c2cc(CCl)cc(CC)n2)C1. The summed E-state index contributed by atoms with van der Waals surface area (Å²) in [6, 6.07) is 4.21. The summed E-state index contributed by atoms with van der Waals surface area (Å²) in [6.45, 7) is 6.97. The van der Waals surface area contributed by atoms with Gasteiger partial charge in [-0.05, 0) is 43.9 Å². The van der Waals surface area contributed by atoms with Crippen LogP contribution in [-0.2, 0) is 17.0 Å². The van der Waals surface area contributed by atoms with E-state index in [4.69, 9.17) is 21.3 Å². The molecule has 1 unspecified atom stereocenters. The van der Waals surface area contributed by atoms with Crippen molar-refractivity contribution >= 4 is 17.4 Å². The zero-order valence-electron chi connectivity index (χ0n) is 11.9. The van der Waals surface area contributed by atoms with Crippen LogP contribution >= 0.6 is 11.6 Å². The first-order chi connectivity index (χ1) is 9.26. The van der Waals surface area contributed by atoms with Crippen LogP contribution in [0.3, 0.4) is 0 Å². The number of hydrogen-bond acceptors (Lipinski definition) is 3. The van der Waals surface area contributed by atoms with Gasteiger partial charge in [-0.2, -0.15) is 0 Å². The van der Waals surface area contributed by atoms with Crippen molar-refractivity contribution in [2.75, 3.05) is 24.6 Å². The monoisotopic (exact) mass is 282 g/mol. The summed E-state index contributed by atoms with van der Waals surface area (Å²) in [4.78, 5) is 7.06. The summed E-state index contributed by atoms with van der Waals surface area (Å²) in [5.74, 6) is 1.60. The highest BCUT2D eigenvalue weighted by atomic mass is 35.5. The second-order valence-corrected chi connectivity index (χ2v) is 5.24. The van der Waals surface area contributed by atoms with Crippen LogP contribution in [0.15, 0.2) is 12.1 Å². The van der Waals surface area contributed by atoms with Gasteiger partial charge in [0.15, 0.2) is 0 Å². The Kier molecular flexibility index (Phi) is 5.46. The average molecular weight is 283 g/mol. The highest BCUT2D eigenvalue weighted by Crippen LogP contribution is 2.22. The van der Waals surface area contributed by atoms with Crippen LogP contribution < -0.4 is 4.90 Å². The van der Waals surface area contributed by atoms with E-state index < -0.39 is 0 Å². The lowest BCUT2D eigenvalue weighted by Gasteiger charge is -2.33. The molecule has 1 fully saturated rings. The molecule has 0 aliphatic carbocycles. The quantitative estimate of drug-likeness (QED) is 0.774. The van der Waals surface area contributed by atoms with Crippen molar-refractivity contribution in [3.63, 3.8) is 0 Å². The first kappa shape index (κ1) is 14.6. The number of halogens is 1. The van der Waals surface area contributed by atoms with Gasteiger partial charge in [-0.15, -0.1) is 11.6 Å². The maximum absolute atomic E-state index is 5.97. The Hall–Kier alpha value is -0.800. The van der Waals surface area contributed by atoms with Gasteiger partial charge in [0.05, 0.1) is 6.10 Å². The first-order valence-electron chi connectivity index (χ1n) is 7.19. The second kappa shape index (κ2) is 7.11. The minimum atomic E-state index is 0.338. The Labute approximate surface area is 120 Å². The summed E-state index contributed by atoms with van der Waals surface area (Å²) in [5, 5.41) is 0. The standard InChI is InChI=1S/C15H23ClN2O/c1-3-13-8-12(10-16)9-15(17-13)18-7-5-6-14(11-18)19-4-2/h8-9,14H,3-7,10-11H2,1-2H3. The molecule has 0 saturated carbocycles. The fourth-order valence-corrected chi connectivity index (χ4v) is 2.73. The molecule has 4 heteroatoms. The smallest absolute Gasteiger partial charge is 0.129 e. The number of aromatic nitrogens is 1. The lowest BCUT2D eigenvalue weighted by atomic mass is 10.1. The molecule has 19 heavy (non-hydrogen) atoms. The summed E-state index contributed by atoms with van der Waals surface area (Å²) in [7, 11) is 0. The van der Waals surface area contributed by atoms with Crippen molar-refractivity contribution in [2.24, 2.45) is 0 Å². The Balaban J connectivity index is 2.15. The van der Waals surface area contributed by atoms with Gasteiger partial charge < -0.3 is 9.64 Å². The minimum Gasteiger partial charge on any atom is -0.377 e. The number of anilines is 1. The van der Waals surface area contributed by atoms with Crippen molar-refractivity contribution in [3.05, 3.63) is 23.4 Å². The van der Waals surface area contributed by atoms with Gasteiger partial charge in [-0.3, -0.25) is 0 Å². The third-order valence-corrected chi connectivity index (χ3v) is 3.85. The lowest BCUT2D eigenvalue weighted by molar-refractivity contribution is 0.0525. The molecule has 2 heterocycles. The molecule has 2 rings (SSSR count). The zero-order chi connectivity index (χ0) is 13.7. The molecule has 0 spiro atoms. The van der Waals surface area contributed by atoms with E-state index in [1.165, 1.54) is 6.42 Å². The van der Waals surface area contributed by atoms with Gasteiger partial charge in [0.2, 0.25) is 0 Å². The van der Waals surface area contributed by atoms with Crippen molar-refractivity contribution in [1.29, 1.82) is 0 Å². The van der Waals surface area contributed by atoms with Crippen LogP contribution in [-0.4, -0.2) is 30.8 Å². The number of nitrogens with zero attached hydrogens (tertiary/aromatic N) is 2. The molecule has 0 N–H and O–H groups in total. The third-order valence-electron chi connectivity index (χ3n) is 3.55. The maximum Gasteiger partial charge on any atom is 0.129 e. The van der Waals surface area contributed by atoms with Crippen LogP contribution in [0.4, 0.5) is 5.82 Å². The van der Waals surface area contributed by atoms with Gasteiger partial charge in [0, 0.05) is 31.3 Å². The van der Waals surface area contributed by atoms with Crippen molar-refractivity contribution in [1.82, 2.24) is 4.98 Å². The van der Waals surface area contributed by atoms with Gasteiger partial charge in [-0.1, -0.05) is 6.92 Å². The van der Waals surface area contributed by atoms with E-state index in [9.17, 15) is 0 Å². The molecule has 1 aromatic heterocycles. The zero-order valence-corrected chi connectivity index (χ0v) is 12.6. The summed E-state index contributed by atoms with van der Waals surface area (Å²) < 4.78 is 5.75. The molecular formula is C15H23ClN2O. The molecule has 1 aliphatic rings. The van der Waals surface area contributed by atoms with Crippen LogP contribution in [0.2, 0.25) is 0 Å². The normalized spacial score (nSPS) is 19.7. The van der Waals surface area contributed by atoms with Crippen molar-refractivity contribution in [3.8, 4) is 0 Å². The fourth-order valence-electron chi connectivity index (χ4n) is 2.57. The van der Waals surface area contributed by atoms with Gasteiger partial charge in [-0.25, -0.2) is 4.98 Å². The van der Waals surface area contributed by atoms with E-state index in [1.807, 2.05) is 0 Å². The lowest BCUT2D eigenvalue weighted by Crippen LogP contribution is -2.40. The van der Waals surface area contributed by atoms with Gasteiger partial charge >= 0.3 is 0 Å². The Morgan fingerprint density at radius 1 is 1.42 bits per heavy atom. The number of rotatable bonds is 5. The number of pyridine rings is 1. The summed E-state index contributed by atoms with van der Waals surface area (Å²) in [5.41, 5.74) is 2.27. The fraction of sp³-hybridized carbons (Fsp3) is 0.667. The van der Waals surface area contributed by atoms with E-state index in [2.05, 4.69) is 30.9 Å². The van der Waals surface area contributed by atoms with E-state index in [0.717, 1.165) is 49.6 Å². The molecular weight excluding hydrogens is 260 g/mol. The van der Waals surface area contributed by atoms with Crippen LogP contribution in [0.25, 0.3) is 0 Å². The van der Waals surface area contributed by atoms with Crippen LogP contribution in [0.1, 0.15) is 37.9 Å². The molecule has 106 valence electrons. The molecule has 0 radical (unpaired) electrons. The molecule has 1 aliphatic heterocycles. The third kappa shape index (κ3) is 3.83. The highest BCUT2D eigenvalue weighted by Gasteiger charge is 2.21. The molecule has 0 bridgehead atoms. The van der Waals surface area contributed by atoms with E-state index >= 15 is 0 Å².